The van der Waals surface area contributed by atoms with Crippen LogP contribution in [-0.4, -0.2) is 42.6 Å². The molecule has 0 unspecified atom stereocenters. The second-order valence-corrected chi connectivity index (χ2v) is 6.71. The molecule has 2 rings (SSSR count). The Morgan fingerprint density at radius 1 is 1.25 bits per heavy atom. The number of hydrogen-bond donors (Lipinski definition) is 2. The summed E-state index contributed by atoms with van der Waals surface area (Å²) in [5, 5.41) is 10.3. The number of guanidine groups is 1. The molecule has 0 aliphatic rings. The molecule has 8 heteroatoms. The zero-order valence-electron chi connectivity index (χ0n) is 16.9. The Hall–Kier alpha value is -2.10. The van der Waals surface area contributed by atoms with Gasteiger partial charge in [0, 0.05) is 39.7 Å². The summed E-state index contributed by atoms with van der Waals surface area (Å²) in [7, 11) is 3.51. The van der Waals surface area contributed by atoms with Crippen molar-refractivity contribution in [2.24, 2.45) is 4.99 Å². The fourth-order valence-electron chi connectivity index (χ4n) is 2.50. The van der Waals surface area contributed by atoms with Crippen LogP contribution in [0.15, 0.2) is 45.9 Å². The molecule has 1 aromatic carbocycles. The van der Waals surface area contributed by atoms with Gasteiger partial charge in [0.25, 0.3) is 0 Å². The molecule has 0 radical (unpaired) electrons. The lowest BCUT2D eigenvalue weighted by atomic mass is 10.1. The molecule has 1 heterocycles. The summed E-state index contributed by atoms with van der Waals surface area (Å²) >= 11 is 0. The molecule has 0 bridgehead atoms. The van der Waals surface area contributed by atoms with Crippen molar-refractivity contribution in [3.05, 3.63) is 53.4 Å². The highest BCUT2D eigenvalue weighted by molar-refractivity contribution is 14.0. The number of carbonyl (C=O) groups excluding carboxylic acids is 1. The van der Waals surface area contributed by atoms with Crippen molar-refractivity contribution in [2.75, 3.05) is 20.6 Å². The van der Waals surface area contributed by atoms with Crippen LogP contribution in [0, 0.1) is 0 Å². The summed E-state index contributed by atoms with van der Waals surface area (Å²) in [4.78, 5) is 18.2. The molecule has 0 fully saturated rings. The highest BCUT2D eigenvalue weighted by atomic mass is 127. The first kappa shape index (κ1) is 23.9. The molecular weight excluding hydrogens is 469 g/mol. The van der Waals surface area contributed by atoms with E-state index < -0.39 is 0 Å². The predicted molar refractivity (Wildman–Crippen MR) is 122 cm³/mol. The Kier molecular flexibility index (Phi) is 10.6. The minimum absolute atomic E-state index is 0. The van der Waals surface area contributed by atoms with Gasteiger partial charge >= 0.3 is 0 Å². The number of benzene rings is 1. The van der Waals surface area contributed by atoms with E-state index >= 15 is 0 Å². The molecule has 2 N–H and O–H groups in total. The van der Waals surface area contributed by atoms with Crippen molar-refractivity contribution in [3.63, 3.8) is 0 Å². The van der Waals surface area contributed by atoms with Gasteiger partial charge in [-0.3, -0.25) is 9.79 Å². The third kappa shape index (κ3) is 7.87. The van der Waals surface area contributed by atoms with Crippen LogP contribution in [0.2, 0.25) is 0 Å². The van der Waals surface area contributed by atoms with Gasteiger partial charge < -0.3 is 20.1 Å². The maximum Gasteiger partial charge on any atom is 0.224 e. The van der Waals surface area contributed by atoms with E-state index in [0.717, 1.165) is 17.0 Å². The predicted octanol–water partition coefficient (Wildman–Crippen LogP) is 3.13. The Labute approximate surface area is 184 Å². The van der Waals surface area contributed by atoms with Crippen LogP contribution in [0.25, 0.3) is 0 Å². The standard InChI is InChI=1S/C20H29N5O2.HI/c1-15(2)18-12-17(27-24-18)13-23-20(21-3)22-11-10-19(26)25(4)14-16-8-6-5-7-9-16;/h5-9,12,15H,10-11,13-14H2,1-4H3,(H2,21,22,23);1H. The van der Waals surface area contributed by atoms with Crippen molar-refractivity contribution in [2.45, 2.75) is 39.3 Å². The van der Waals surface area contributed by atoms with E-state index in [4.69, 9.17) is 4.52 Å². The lowest BCUT2D eigenvalue weighted by Crippen LogP contribution is -2.39. The minimum atomic E-state index is 0. The molecule has 7 nitrogen and oxygen atoms in total. The Balaban J connectivity index is 0.00000392. The molecule has 0 aliphatic heterocycles. The number of hydrogen-bond acceptors (Lipinski definition) is 4. The van der Waals surface area contributed by atoms with Crippen molar-refractivity contribution in [1.29, 1.82) is 0 Å². The zero-order valence-corrected chi connectivity index (χ0v) is 19.3. The lowest BCUT2D eigenvalue weighted by molar-refractivity contribution is -0.130. The van der Waals surface area contributed by atoms with Crippen LogP contribution in [0.1, 0.15) is 43.2 Å². The van der Waals surface area contributed by atoms with Crippen molar-refractivity contribution in [3.8, 4) is 0 Å². The van der Waals surface area contributed by atoms with Gasteiger partial charge in [0.1, 0.15) is 0 Å². The molecule has 0 saturated carbocycles. The molecular formula is C20H30IN5O2. The Bertz CT molecular complexity index is 746. The first-order valence-electron chi connectivity index (χ1n) is 9.17. The molecule has 1 amide bonds. The van der Waals surface area contributed by atoms with Crippen LogP contribution in [0.4, 0.5) is 0 Å². The van der Waals surface area contributed by atoms with E-state index in [1.807, 2.05) is 43.4 Å². The smallest absolute Gasteiger partial charge is 0.224 e. The second-order valence-electron chi connectivity index (χ2n) is 6.71. The van der Waals surface area contributed by atoms with Crippen LogP contribution in [0.5, 0.6) is 0 Å². The monoisotopic (exact) mass is 499 g/mol. The number of rotatable bonds is 8. The van der Waals surface area contributed by atoms with Crippen LogP contribution < -0.4 is 10.6 Å². The van der Waals surface area contributed by atoms with Crippen LogP contribution in [-0.2, 0) is 17.9 Å². The maximum absolute atomic E-state index is 12.3. The molecule has 0 spiro atoms. The highest BCUT2D eigenvalue weighted by Crippen LogP contribution is 2.13. The number of amides is 1. The van der Waals surface area contributed by atoms with E-state index in [1.54, 1.807) is 11.9 Å². The Morgan fingerprint density at radius 3 is 2.57 bits per heavy atom. The van der Waals surface area contributed by atoms with Gasteiger partial charge in [-0.15, -0.1) is 24.0 Å². The van der Waals surface area contributed by atoms with Gasteiger partial charge in [0.2, 0.25) is 5.91 Å². The summed E-state index contributed by atoms with van der Waals surface area (Å²) in [6.45, 7) is 5.74. The number of carbonyl (C=O) groups is 1. The fraction of sp³-hybridized carbons (Fsp3) is 0.450. The third-order valence-corrected chi connectivity index (χ3v) is 4.14. The van der Waals surface area contributed by atoms with E-state index in [1.165, 1.54) is 0 Å². The van der Waals surface area contributed by atoms with Gasteiger partial charge in [-0.25, -0.2) is 0 Å². The van der Waals surface area contributed by atoms with E-state index in [2.05, 4.69) is 34.6 Å². The maximum atomic E-state index is 12.3. The van der Waals surface area contributed by atoms with Gasteiger partial charge in [0.15, 0.2) is 11.7 Å². The zero-order chi connectivity index (χ0) is 19.6. The first-order valence-corrected chi connectivity index (χ1v) is 9.17. The first-order chi connectivity index (χ1) is 13.0. The Morgan fingerprint density at radius 2 is 1.96 bits per heavy atom. The van der Waals surface area contributed by atoms with Crippen molar-refractivity contribution >= 4 is 35.8 Å². The van der Waals surface area contributed by atoms with Gasteiger partial charge in [-0.05, 0) is 11.5 Å². The molecule has 2 aromatic rings. The SMILES string of the molecule is CN=C(NCCC(=O)N(C)Cc1ccccc1)NCc1cc(C(C)C)no1.I. The topological polar surface area (TPSA) is 82.8 Å². The second kappa shape index (κ2) is 12.4. The largest absolute Gasteiger partial charge is 0.359 e. The summed E-state index contributed by atoms with van der Waals surface area (Å²) in [5.74, 6) is 1.79. The number of aromatic nitrogens is 1. The molecule has 0 aliphatic carbocycles. The number of nitrogens with one attached hydrogen (secondary N) is 2. The molecule has 0 saturated heterocycles. The van der Waals surface area contributed by atoms with Crippen LogP contribution >= 0.6 is 24.0 Å². The van der Waals surface area contributed by atoms with E-state index in [-0.39, 0.29) is 29.9 Å². The van der Waals surface area contributed by atoms with Crippen LogP contribution in [0.3, 0.4) is 0 Å². The quantitative estimate of drug-likeness (QED) is 0.332. The summed E-state index contributed by atoms with van der Waals surface area (Å²) < 4.78 is 5.30. The normalized spacial score (nSPS) is 11.1. The number of aliphatic imine (C=N–C) groups is 1. The average molecular weight is 499 g/mol. The minimum Gasteiger partial charge on any atom is -0.359 e. The number of halogens is 1. The molecule has 1 aromatic heterocycles. The fourth-order valence-corrected chi connectivity index (χ4v) is 2.50. The van der Waals surface area contributed by atoms with Gasteiger partial charge in [-0.1, -0.05) is 49.3 Å². The highest BCUT2D eigenvalue weighted by Gasteiger charge is 2.10. The van der Waals surface area contributed by atoms with Gasteiger partial charge in [-0.2, -0.15) is 0 Å². The number of nitrogens with zero attached hydrogens (tertiary/aromatic N) is 3. The van der Waals surface area contributed by atoms with Gasteiger partial charge in [0.05, 0.1) is 12.2 Å². The van der Waals surface area contributed by atoms with E-state index in [0.29, 0.717) is 37.9 Å². The van der Waals surface area contributed by atoms with Crippen molar-refractivity contribution < 1.29 is 9.32 Å². The molecule has 154 valence electrons. The third-order valence-electron chi connectivity index (χ3n) is 4.14. The lowest BCUT2D eigenvalue weighted by Gasteiger charge is -2.18. The summed E-state index contributed by atoms with van der Waals surface area (Å²) in [6.07, 6.45) is 0.393. The molecule has 28 heavy (non-hydrogen) atoms. The van der Waals surface area contributed by atoms with Crippen molar-refractivity contribution in [1.82, 2.24) is 20.7 Å². The average Bonchev–Trinajstić information content (AvgIpc) is 3.14. The summed E-state index contributed by atoms with van der Waals surface area (Å²) in [5.41, 5.74) is 2.05. The summed E-state index contributed by atoms with van der Waals surface area (Å²) in [6, 6.07) is 11.9. The molecule has 0 atom stereocenters. The van der Waals surface area contributed by atoms with E-state index in [9.17, 15) is 4.79 Å².